The Kier molecular flexibility index (Phi) is 8.90. The van der Waals surface area contributed by atoms with Crippen LogP contribution in [0.2, 0.25) is 0 Å². The van der Waals surface area contributed by atoms with Crippen molar-refractivity contribution < 1.29 is 9.22 Å². The fraction of sp³-hybridized carbons (Fsp3) is 0.143. The second-order valence-corrected chi connectivity index (χ2v) is 17.1. The SMILES string of the molecule is [2H]C([2H])([2H])c1ccc(-c2ccnc(-c3cc(-c4ccccc4)cc(-c4cccc5c4nc(-c4ccccc4O)n5-c4ccc(C(C)(C)C(C)(C)C)cc4-c4ccccc4)c3)c2)cc1. The summed E-state index contributed by atoms with van der Waals surface area (Å²) in [5.74, 6) is 0.781. The van der Waals surface area contributed by atoms with Crippen molar-refractivity contribution in [3.05, 3.63) is 193 Å². The van der Waals surface area contributed by atoms with Crippen LogP contribution in [0.4, 0.5) is 0 Å². The van der Waals surface area contributed by atoms with Crippen LogP contribution in [0.25, 0.3) is 83.9 Å². The number of aromatic nitrogens is 3. The van der Waals surface area contributed by atoms with Crippen LogP contribution in [0.5, 0.6) is 5.75 Å². The lowest BCUT2D eigenvalue weighted by Crippen LogP contribution is -2.34. The molecule has 0 saturated heterocycles. The Balaban J connectivity index is 1.28. The third-order valence-electron chi connectivity index (χ3n) is 12.4. The van der Waals surface area contributed by atoms with E-state index >= 15 is 0 Å². The van der Waals surface area contributed by atoms with E-state index in [0.29, 0.717) is 17.0 Å². The standard InChI is InChI=1S/C56H49N3O/c1-37-24-26-39(27-25-37)41-30-31-57-49(35-41)44-33-42(38-16-9-7-10-17-38)32-43(34-44)46-21-15-22-51-53(46)58-54(47-20-13-14-23-52(47)60)59(51)50-29-28-45(56(5,6)55(2,3)4)36-48(50)40-18-11-8-12-19-40/h7-36,60H,1-6H3/i1D3. The molecule has 7 aromatic carbocycles. The number of nitrogens with zero attached hydrogens (tertiary/aromatic N) is 3. The second-order valence-electron chi connectivity index (χ2n) is 17.1. The van der Waals surface area contributed by atoms with E-state index < -0.39 is 6.85 Å². The summed E-state index contributed by atoms with van der Waals surface area (Å²) < 4.78 is 25.7. The highest BCUT2D eigenvalue weighted by Crippen LogP contribution is 2.45. The number of phenolic OH excluding ortho intramolecular Hbond substituents is 1. The first-order valence-electron chi connectivity index (χ1n) is 22.0. The van der Waals surface area contributed by atoms with Gasteiger partial charge >= 0.3 is 0 Å². The molecule has 9 rings (SSSR count). The van der Waals surface area contributed by atoms with Crippen LogP contribution in [0.15, 0.2) is 182 Å². The minimum absolute atomic E-state index is 0.00298. The van der Waals surface area contributed by atoms with E-state index in [1.165, 1.54) is 5.56 Å². The molecule has 1 N–H and O–H groups in total. The van der Waals surface area contributed by atoms with Gasteiger partial charge in [-0.15, -0.1) is 0 Å². The monoisotopic (exact) mass is 782 g/mol. The van der Waals surface area contributed by atoms with Gasteiger partial charge in [0, 0.05) is 27.0 Å². The van der Waals surface area contributed by atoms with Gasteiger partial charge in [0.1, 0.15) is 11.6 Å². The summed E-state index contributed by atoms with van der Waals surface area (Å²) in [7, 11) is 0. The Morgan fingerprint density at radius 3 is 1.88 bits per heavy atom. The number of hydrogen-bond donors (Lipinski definition) is 1. The molecule has 294 valence electrons. The predicted molar refractivity (Wildman–Crippen MR) is 250 cm³/mol. The fourth-order valence-corrected chi connectivity index (χ4v) is 7.98. The summed E-state index contributed by atoms with van der Waals surface area (Å²) >= 11 is 0. The van der Waals surface area contributed by atoms with Crippen LogP contribution in [0.1, 0.15) is 49.9 Å². The molecule has 0 saturated carbocycles. The van der Waals surface area contributed by atoms with E-state index in [9.17, 15) is 5.11 Å². The van der Waals surface area contributed by atoms with E-state index in [0.717, 1.165) is 72.5 Å². The topological polar surface area (TPSA) is 50.9 Å². The van der Waals surface area contributed by atoms with Crippen LogP contribution in [-0.2, 0) is 5.41 Å². The fourth-order valence-electron chi connectivity index (χ4n) is 7.98. The molecule has 0 fully saturated rings. The first-order valence-corrected chi connectivity index (χ1v) is 20.5. The van der Waals surface area contributed by atoms with Crippen molar-refractivity contribution in [2.24, 2.45) is 5.41 Å². The van der Waals surface area contributed by atoms with Crippen molar-refractivity contribution >= 4 is 11.0 Å². The first-order chi connectivity index (χ1) is 30.2. The van der Waals surface area contributed by atoms with Gasteiger partial charge in [0.25, 0.3) is 0 Å². The van der Waals surface area contributed by atoms with Crippen LogP contribution in [0.3, 0.4) is 0 Å². The first kappa shape index (κ1) is 35.0. The lowest BCUT2D eigenvalue weighted by atomic mass is 9.65. The minimum Gasteiger partial charge on any atom is -0.507 e. The zero-order chi connectivity index (χ0) is 44.1. The molecule has 2 aromatic heterocycles. The average Bonchev–Trinajstić information content (AvgIpc) is 3.68. The Hall–Kier alpha value is -7.04. The van der Waals surface area contributed by atoms with E-state index in [4.69, 9.17) is 14.1 Å². The number of imidazole rings is 1. The number of pyridine rings is 1. The molecule has 0 spiro atoms. The van der Waals surface area contributed by atoms with E-state index in [1.807, 2.05) is 60.7 Å². The van der Waals surface area contributed by atoms with Crippen molar-refractivity contribution in [2.45, 2.75) is 46.9 Å². The molecule has 0 radical (unpaired) electrons. The maximum atomic E-state index is 11.5. The number of rotatable bonds is 8. The molecule has 0 unspecified atom stereocenters. The largest absolute Gasteiger partial charge is 0.507 e. The summed E-state index contributed by atoms with van der Waals surface area (Å²) in [5.41, 5.74) is 14.4. The molecule has 0 aliphatic carbocycles. The van der Waals surface area contributed by atoms with E-state index in [2.05, 4.69) is 136 Å². The maximum absolute atomic E-state index is 11.5. The van der Waals surface area contributed by atoms with Crippen LogP contribution < -0.4 is 0 Å². The van der Waals surface area contributed by atoms with Crippen molar-refractivity contribution in [1.29, 1.82) is 0 Å². The molecule has 0 aliphatic heterocycles. The molecular weight excluding hydrogens is 731 g/mol. The molecule has 4 heteroatoms. The number of hydrogen-bond acceptors (Lipinski definition) is 3. The predicted octanol–water partition coefficient (Wildman–Crippen LogP) is 14.8. The summed E-state index contributed by atoms with van der Waals surface area (Å²) in [6.45, 7) is 9.32. The van der Waals surface area contributed by atoms with Gasteiger partial charge in [-0.25, -0.2) is 4.98 Å². The molecule has 0 aliphatic rings. The van der Waals surface area contributed by atoms with Gasteiger partial charge in [-0.1, -0.05) is 155 Å². The lowest BCUT2D eigenvalue weighted by molar-refractivity contribution is 0.225. The number of para-hydroxylation sites is 2. The highest BCUT2D eigenvalue weighted by Gasteiger charge is 2.35. The highest BCUT2D eigenvalue weighted by molar-refractivity contribution is 5.98. The maximum Gasteiger partial charge on any atom is 0.149 e. The zero-order valence-electron chi connectivity index (χ0n) is 37.6. The summed E-state index contributed by atoms with van der Waals surface area (Å²) in [6, 6.07) is 59.0. The van der Waals surface area contributed by atoms with Crippen molar-refractivity contribution in [2.75, 3.05) is 0 Å². The molecule has 60 heavy (non-hydrogen) atoms. The lowest BCUT2D eigenvalue weighted by Gasteiger charge is -2.40. The Bertz CT molecular complexity index is 3110. The number of benzene rings is 7. The highest BCUT2D eigenvalue weighted by atomic mass is 16.3. The number of fused-ring (bicyclic) bond motifs is 1. The summed E-state index contributed by atoms with van der Waals surface area (Å²) in [5, 5.41) is 11.5. The van der Waals surface area contributed by atoms with E-state index in [1.54, 1.807) is 24.4 Å². The average molecular weight is 783 g/mol. The molecular formula is C56H49N3O. The quantitative estimate of drug-likeness (QED) is 0.167. The number of aromatic hydroxyl groups is 1. The Morgan fingerprint density at radius 1 is 0.517 bits per heavy atom. The zero-order valence-corrected chi connectivity index (χ0v) is 34.6. The van der Waals surface area contributed by atoms with Gasteiger partial charge in [-0.05, 0) is 117 Å². The Labute approximate surface area is 357 Å². The normalized spacial score (nSPS) is 12.8. The molecule has 2 heterocycles. The van der Waals surface area contributed by atoms with Crippen LogP contribution in [-0.4, -0.2) is 19.6 Å². The van der Waals surface area contributed by atoms with Crippen molar-refractivity contribution in [3.8, 4) is 78.6 Å². The number of aryl methyl sites for hydroxylation is 1. The molecule has 0 amide bonds. The van der Waals surface area contributed by atoms with Gasteiger partial charge in [0.2, 0.25) is 0 Å². The van der Waals surface area contributed by atoms with Crippen molar-refractivity contribution in [1.82, 2.24) is 14.5 Å². The van der Waals surface area contributed by atoms with Crippen molar-refractivity contribution in [3.63, 3.8) is 0 Å². The second kappa shape index (κ2) is 15.3. The molecule has 0 bridgehead atoms. The van der Waals surface area contributed by atoms with Gasteiger partial charge in [-0.2, -0.15) is 0 Å². The third-order valence-corrected chi connectivity index (χ3v) is 12.4. The van der Waals surface area contributed by atoms with Gasteiger partial charge in [-0.3, -0.25) is 9.55 Å². The van der Waals surface area contributed by atoms with Gasteiger partial charge < -0.3 is 5.11 Å². The summed E-state index contributed by atoms with van der Waals surface area (Å²) in [6.07, 6.45) is 1.80. The molecule has 0 atom stereocenters. The molecule has 9 aromatic rings. The van der Waals surface area contributed by atoms with Gasteiger partial charge in [0.05, 0.1) is 28.0 Å². The summed E-state index contributed by atoms with van der Waals surface area (Å²) in [4.78, 5) is 10.3. The third kappa shape index (κ3) is 7.09. The Morgan fingerprint density at radius 2 is 1.17 bits per heavy atom. The smallest absolute Gasteiger partial charge is 0.149 e. The van der Waals surface area contributed by atoms with Gasteiger partial charge in [0.15, 0.2) is 0 Å². The van der Waals surface area contributed by atoms with Crippen LogP contribution in [0, 0.1) is 12.3 Å². The number of phenols is 1. The minimum atomic E-state index is -2.17. The van der Waals surface area contributed by atoms with E-state index in [-0.39, 0.29) is 16.6 Å². The molecule has 4 nitrogen and oxygen atoms in total. The van der Waals surface area contributed by atoms with Crippen LogP contribution >= 0.6 is 0 Å².